The molecule has 0 atom stereocenters. The molecule has 2 nitrogen and oxygen atoms in total. The fourth-order valence-electron chi connectivity index (χ4n) is 4.99. The lowest BCUT2D eigenvalue weighted by atomic mass is 9.93. The molecule has 0 aliphatic heterocycles. The van der Waals surface area contributed by atoms with Crippen molar-refractivity contribution in [3.8, 4) is 23.0 Å². The van der Waals surface area contributed by atoms with E-state index in [2.05, 4.69) is 96.9 Å². The molecule has 3 aromatic rings. The fourth-order valence-corrected chi connectivity index (χ4v) is 4.99. The van der Waals surface area contributed by atoms with Crippen LogP contribution in [-0.2, 0) is 0 Å². The van der Waals surface area contributed by atoms with E-state index < -0.39 is 0 Å². The van der Waals surface area contributed by atoms with E-state index in [0.717, 1.165) is 45.3 Å². The molecule has 2 heteroatoms. The highest BCUT2D eigenvalue weighted by atomic mass is 16.5. The van der Waals surface area contributed by atoms with Crippen molar-refractivity contribution in [1.82, 2.24) is 0 Å². The summed E-state index contributed by atoms with van der Waals surface area (Å²) < 4.78 is 13.5. The third-order valence-corrected chi connectivity index (χ3v) is 8.76. The van der Waals surface area contributed by atoms with Gasteiger partial charge in [0.1, 0.15) is 23.0 Å². The summed E-state index contributed by atoms with van der Waals surface area (Å²) in [5.74, 6) is 3.85. The number of ether oxygens (including phenoxy) is 2. The Kier molecular flexibility index (Phi) is 6.95. The average molecular weight is 459 g/mol. The Bertz CT molecular complexity index is 1130. The molecule has 34 heavy (non-hydrogen) atoms. The van der Waals surface area contributed by atoms with Crippen LogP contribution in [0.2, 0.25) is 0 Å². The Labute approximate surface area is 207 Å². The molecule has 0 heterocycles. The molecule has 0 saturated heterocycles. The molecule has 0 aliphatic rings. The van der Waals surface area contributed by atoms with Crippen LogP contribution in [0.15, 0.2) is 0 Å². The van der Waals surface area contributed by atoms with Gasteiger partial charge in [-0.3, -0.25) is 0 Å². The minimum atomic E-state index is 0.945. The van der Waals surface area contributed by atoms with Gasteiger partial charge in [0.25, 0.3) is 0 Å². The van der Waals surface area contributed by atoms with Crippen molar-refractivity contribution in [3.05, 3.63) is 77.9 Å². The Balaban J connectivity index is 2.18. The second-order valence-corrected chi connectivity index (χ2v) is 10.3. The van der Waals surface area contributed by atoms with Crippen molar-refractivity contribution in [2.75, 3.05) is 0 Å². The standard InChI is InChI=1S/C32H42O2/c1-15-17(3)21(7)29(22(8)18(15)4)33-31-25(11)27(13)32(28(14)26(31)12)34-30-23(9)19(5)16(2)20(6)24(30)10/h1-14H3. The van der Waals surface area contributed by atoms with Crippen molar-refractivity contribution in [2.24, 2.45) is 0 Å². The predicted molar refractivity (Wildman–Crippen MR) is 146 cm³/mol. The lowest BCUT2D eigenvalue weighted by molar-refractivity contribution is 0.448. The molecule has 3 aromatic carbocycles. The molecule has 0 N–H and O–H groups in total. The highest BCUT2D eigenvalue weighted by Gasteiger charge is 2.23. The summed E-state index contributed by atoms with van der Waals surface area (Å²) in [5.41, 5.74) is 17.3. The molecule has 0 spiro atoms. The van der Waals surface area contributed by atoms with Crippen LogP contribution in [0.1, 0.15) is 77.9 Å². The van der Waals surface area contributed by atoms with Crippen molar-refractivity contribution >= 4 is 0 Å². The first-order chi connectivity index (χ1) is 15.7. The van der Waals surface area contributed by atoms with Gasteiger partial charge < -0.3 is 9.47 Å². The maximum Gasteiger partial charge on any atom is 0.134 e. The maximum absolute atomic E-state index is 6.73. The molecule has 3 rings (SSSR count). The fraction of sp³-hybridized carbons (Fsp3) is 0.438. The highest BCUT2D eigenvalue weighted by molar-refractivity contribution is 5.63. The van der Waals surface area contributed by atoms with Crippen LogP contribution in [0.4, 0.5) is 0 Å². The van der Waals surface area contributed by atoms with Crippen LogP contribution in [-0.4, -0.2) is 0 Å². The van der Waals surface area contributed by atoms with Gasteiger partial charge in [-0.25, -0.2) is 0 Å². The normalized spacial score (nSPS) is 11.2. The third kappa shape index (κ3) is 3.91. The van der Waals surface area contributed by atoms with Gasteiger partial charge in [-0.2, -0.15) is 0 Å². The zero-order valence-corrected chi connectivity index (χ0v) is 23.8. The summed E-state index contributed by atoms with van der Waals surface area (Å²) in [5, 5.41) is 0. The van der Waals surface area contributed by atoms with Gasteiger partial charge in [0, 0.05) is 0 Å². The van der Waals surface area contributed by atoms with E-state index in [1.807, 2.05) is 0 Å². The van der Waals surface area contributed by atoms with Crippen LogP contribution in [0.3, 0.4) is 0 Å². The van der Waals surface area contributed by atoms with Gasteiger partial charge in [0.2, 0.25) is 0 Å². The molecule has 0 aromatic heterocycles. The Hall–Kier alpha value is -2.74. The second-order valence-electron chi connectivity index (χ2n) is 10.3. The first-order valence-corrected chi connectivity index (χ1v) is 12.3. The topological polar surface area (TPSA) is 18.5 Å². The maximum atomic E-state index is 6.73. The molecular formula is C32H42O2. The Morgan fingerprint density at radius 3 is 0.500 bits per heavy atom. The second kappa shape index (κ2) is 9.13. The van der Waals surface area contributed by atoms with Crippen LogP contribution in [0.25, 0.3) is 0 Å². The molecule has 182 valence electrons. The summed E-state index contributed by atoms with van der Waals surface area (Å²) in [6.45, 7) is 30.4. The van der Waals surface area contributed by atoms with E-state index in [9.17, 15) is 0 Å². The quantitative estimate of drug-likeness (QED) is 0.387. The van der Waals surface area contributed by atoms with E-state index in [1.54, 1.807) is 0 Å². The average Bonchev–Trinajstić information content (AvgIpc) is 2.81. The zero-order chi connectivity index (χ0) is 25.8. The minimum Gasteiger partial charge on any atom is -0.456 e. The van der Waals surface area contributed by atoms with E-state index in [1.165, 1.54) is 55.6 Å². The SMILES string of the molecule is Cc1c(C)c(C)c(Oc2c(C)c(C)c(Oc3c(C)c(C)c(C)c(C)c3C)c(C)c2C)c(C)c1C. The van der Waals surface area contributed by atoms with Crippen molar-refractivity contribution in [3.63, 3.8) is 0 Å². The minimum absolute atomic E-state index is 0.945. The monoisotopic (exact) mass is 458 g/mol. The molecule has 0 saturated carbocycles. The molecule has 0 bridgehead atoms. The van der Waals surface area contributed by atoms with E-state index in [-0.39, 0.29) is 0 Å². The summed E-state index contributed by atoms with van der Waals surface area (Å²) >= 11 is 0. The van der Waals surface area contributed by atoms with Gasteiger partial charge in [-0.15, -0.1) is 0 Å². The molecule has 0 aliphatic carbocycles. The van der Waals surface area contributed by atoms with Crippen LogP contribution in [0, 0.1) is 96.9 Å². The van der Waals surface area contributed by atoms with E-state index in [0.29, 0.717) is 0 Å². The summed E-state index contributed by atoms with van der Waals surface area (Å²) in [4.78, 5) is 0. The van der Waals surface area contributed by atoms with Crippen molar-refractivity contribution < 1.29 is 9.47 Å². The van der Waals surface area contributed by atoms with Crippen LogP contribution in [0.5, 0.6) is 23.0 Å². The van der Waals surface area contributed by atoms with E-state index in [4.69, 9.17) is 9.47 Å². The molecule has 0 unspecified atom stereocenters. The lowest BCUT2D eigenvalue weighted by Crippen LogP contribution is -2.06. The highest BCUT2D eigenvalue weighted by Crippen LogP contribution is 2.45. The van der Waals surface area contributed by atoms with Gasteiger partial charge >= 0.3 is 0 Å². The van der Waals surface area contributed by atoms with Crippen molar-refractivity contribution in [2.45, 2.75) is 96.9 Å². The first-order valence-electron chi connectivity index (χ1n) is 12.3. The number of hydrogen-bond acceptors (Lipinski definition) is 2. The number of hydrogen-bond donors (Lipinski definition) is 0. The summed E-state index contributed by atoms with van der Waals surface area (Å²) in [6, 6.07) is 0. The van der Waals surface area contributed by atoms with Gasteiger partial charge in [-0.1, -0.05) is 0 Å². The van der Waals surface area contributed by atoms with Gasteiger partial charge in [0.15, 0.2) is 0 Å². The zero-order valence-electron chi connectivity index (χ0n) is 23.8. The lowest BCUT2D eigenvalue weighted by Gasteiger charge is -2.25. The van der Waals surface area contributed by atoms with Crippen LogP contribution < -0.4 is 9.47 Å². The number of rotatable bonds is 4. The summed E-state index contributed by atoms with van der Waals surface area (Å²) in [7, 11) is 0. The van der Waals surface area contributed by atoms with Crippen LogP contribution >= 0.6 is 0 Å². The van der Waals surface area contributed by atoms with Gasteiger partial charge in [-0.05, 0) is 175 Å². The molecule has 0 amide bonds. The molecule has 0 radical (unpaired) electrons. The summed E-state index contributed by atoms with van der Waals surface area (Å²) in [6.07, 6.45) is 0. The van der Waals surface area contributed by atoms with Crippen molar-refractivity contribution in [1.29, 1.82) is 0 Å². The third-order valence-electron chi connectivity index (χ3n) is 8.76. The van der Waals surface area contributed by atoms with E-state index >= 15 is 0 Å². The predicted octanol–water partition coefficient (Wildman–Crippen LogP) is 9.59. The number of benzene rings is 3. The Morgan fingerprint density at radius 2 is 0.324 bits per heavy atom. The first kappa shape index (κ1) is 25.9. The van der Waals surface area contributed by atoms with Gasteiger partial charge in [0.05, 0.1) is 0 Å². The molecule has 0 fully saturated rings. The molecular weight excluding hydrogens is 416 g/mol. The largest absolute Gasteiger partial charge is 0.456 e. The Morgan fingerprint density at radius 1 is 0.206 bits per heavy atom. The smallest absolute Gasteiger partial charge is 0.134 e.